The summed E-state index contributed by atoms with van der Waals surface area (Å²) in [6.07, 6.45) is 2.68. The van der Waals surface area contributed by atoms with Crippen molar-refractivity contribution in [2.45, 2.75) is 39.5 Å². The zero-order chi connectivity index (χ0) is 21.5. The summed E-state index contributed by atoms with van der Waals surface area (Å²) in [5.74, 6) is -2.37. The molecule has 160 valence electrons. The Morgan fingerprint density at radius 2 is 1.17 bits per heavy atom. The molecule has 0 radical (unpaired) electrons. The lowest BCUT2D eigenvalue weighted by Gasteiger charge is -2.43. The Balaban J connectivity index is 2.00. The lowest BCUT2D eigenvalue weighted by molar-refractivity contribution is -0.114. The van der Waals surface area contributed by atoms with Crippen LogP contribution in [0.1, 0.15) is 58.5 Å². The highest BCUT2D eigenvalue weighted by atomic mass is 16.5. The first-order valence-corrected chi connectivity index (χ1v) is 10.5. The highest BCUT2D eigenvalue weighted by molar-refractivity contribution is 6.10. The molecule has 30 heavy (non-hydrogen) atoms. The number of rotatable bonds is 8. The second kappa shape index (κ2) is 7.67. The number of hydrogen-bond acceptors (Lipinski definition) is 4. The van der Waals surface area contributed by atoms with E-state index >= 15 is 0 Å². The van der Waals surface area contributed by atoms with Crippen LogP contribution in [0.5, 0.6) is 0 Å². The molecule has 0 saturated carbocycles. The van der Waals surface area contributed by atoms with Gasteiger partial charge in [-0.25, -0.2) is 9.59 Å². The molecule has 2 aliphatic heterocycles. The van der Waals surface area contributed by atoms with Gasteiger partial charge in [0, 0.05) is 10.8 Å². The van der Waals surface area contributed by atoms with E-state index in [-0.39, 0.29) is 22.0 Å². The molecule has 6 heteroatoms. The fourth-order valence-corrected chi connectivity index (χ4v) is 4.81. The van der Waals surface area contributed by atoms with Crippen LogP contribution in [0.15, 0.2) is 24.3 Å². The van der Waals surface area contributed by atoms with Crippen molar-refractivity contribution in [3.63, 3.8) is 0 Å². The first-order chi connectivity index (χ1) is 14.4. The molecule has 0 bridgehead atoms. The molecule has 0 aliphatic carbocycles. The number of aromatic carboxylic acids is 2. The summed E-state index contributed by atoms with van der Waals surface area (Å²) in [5.41, 5.74) is 0.803. The Morgan fingerprint density at radius 1 is 0.800 bits per heavy atom. The summed E-state index contributed by atoms with van der Waals surface area (Å²) in [6, 6.07) is 7.62. The van der Waals surface area contributed by atoms with E-state index in [1.165, 1.54) is 0 Å². The van der Waals surface area contributed by atoms with E-state index in [1.54, 1.807) is 0 Å². The average molecular weight is 412 g/mol. The van der Waals surface area contributed by atoms with Crippen LogP contribution >= 0.6 is 0 Å². The molecule has 2 aliphatic rings. The van der Waals surface area contributed by atoms with Gasteiger partial charge in [0.2, 0.25) is 0 Å². The van der Waals surface area contributed by atoms with Crippen molar-refractivity contribution in [2.75, 3.05) is 26.4 Å². The van der Waals surface area contributed by atoms with Crippen LogP contribution in [-0.2, 0) is 22.3 Å². The third kappa shape index (κ3) is 3.28. The zero-order valence-electron chi connectivity index (χ0n) is 17.5. The summed E-state index contributed by atoms with van der Waals surface area (Å²) >= 11 is 0. The molecule has 2 aromatic carbocycles. The molecule has 4 rings (SSSR count). The molecule has 0 amide bonds. The maximum absolute atomic E-state index is 12.4. The topological polar surface area (TPSA) is 93.1 Å². The Hall–Kier alpha value is -2.44. The molecule has 2 saturated heterocycles. The minimum absolute atomic E-state index is 0.0672. The molecule has 0 spiro atoms. The van der Waals surface area contributed by atoms with Crippen molar-refractivity contribution in [3.8, 4) is 0 Å². The molecule has 2 aromatic rings. The Labute approximate surface area is 175 Å². The van der Waals surface area contributed by atoms with Crippen LogP contribution in [0, 0.1) is 10.8 Å². The summed E-state index contributed by atoms with van der Waals surface area (Å²) in [4.78, 5) is 24.8. The van der Waals surface area contributed by atoms with Crippen molar-refractivity contribution < 1.29 is 29.3 Å². The van der Waals surface area contributed by atoms with Crippen molar-refractivity contribution in [1.29, 1.82) is 0 Å². The van der Waals surface area contributed by atoms with E-state index in [1.807, 2.05) is 24.3 Å². The van der Waals surface area contributed by atoms with Crippen LogP contribution < -0.4 is 0 Å². The lowest BCUT2D eigenvalue weighted by Crippen LogP contribution is -2.45. The second-order valence-corrected chi connectivity index (χ2v) is 8.91. The number of carboxylic acids is 2. The van der Waals surface area contributed by atoms with Crippen molar-refractivity contribution in [1.82, 2.24) is 0 Å². The largest absolute Gasteiger partial charge is 0.478 e. The van der Waals surface area contributed by atoms with Gasteiger partial charge in [-0.15, -0.1) is 0 Å². The zero-order valence-corrected chi connectivity index (χ0v) is 17.5. The number of benzene rings is 2. The third-order valence-corrected chi connectivity index (χ3v) is 7.10. The standard InChI is InChI=1S/C24H28O6/c1-3-23(11-29-12-23)9-17-15-7-5-6-8-16(15)18(10-24(4-2)13-30-14-24)20(22(27)28)19(17)21(25)26/h5-8H,3-4,9-14H2,1-2H3,(H,25,26)(H,27,28). The van der Waals surface area contributed by atoms with Gasteiger partial charge < -0.3 is 19.7 Å². The maximum Gasteiger partial charge on any atom is 0.336 e. The predicted molar refractivity (Wildman–Crippen MR) is 112 cm³/mol. The van der Waals surface area contributed by atoms with Gasteiger partial charge in [-0.3, -0.25) is 0 Å². The van der Waals surface area contributed by atoms with Gasteiger partial charge in [-0.2, -0.15) is 0 Å². The molecule has 2 fully saturated rings. The second-order valence-electron chi connectivity index (χ2n) is 8.91. The summed E-state index contributed by atoms with van der Waals surface area (Å²) in [6.45, 7) is 6.40. The van der Waals surface area contributed by atoms with Gasteiger partial charge >= 0.3 is 11.9 Å². The Morgan fingerprint density at radius 3 is 1.40 bits per heavy atom. The average Bonchev–Trinajstić information content (AvgIpc) is 2.67. The smallest absolute Gasteiger partial charge is 0.336 e. The number of carbonyl (C=O) groups is 2. The van der Waals surface area contributed by atoms with E-state index < -0.39 is 11.9 Å². The highest BCUT2D eigenvalue weighted by Gasteiger charge is 2.42. The van der Waals surface area contributed by atoms with Gasteiger partial charge in [0.25, 0.3) is 0 Å². The Kier molecular flexibility index (Phi) is 5.32. The van der Waals surface area contributed by atoms with Gasteiger partial charge in [0.1, 0.15) is 0 Å². The minimum atomic E-state index is -1.18. The van der Waals surface area contributed by atoms with Crippen LogP contribution in [0.3, 0.4) is 0 Å². The van der Waals surface area contributed by atoms with Crippen LogP contribution in [-0.4, -0.2) is 48.6 Å². The lowest BCUT2D eigenvalue weighted by atomic mass is 9.71. The van der Waals surface area contributed by atoms with Crippen molar-refractivity contribution >= 4 is 22.7 Å². The molecular weight excluding hydrogens is 384 g/mol. The van der Waals surface area contributed by atoms with Crippen LogP contribution in [0.4, 0.5) is 0 Å². The van der Waals surface area contributed by atoms with Gasteiger partial charge in [-0.05, 0) is 47.6 Å². The first-order valence-electron chi connectivity index (χ1n) is 10.5. The first kappa shape index (κ1) is 20.8. The summed E-state index contributed by atoms with van der Waals surface area (Å²) in [7, 11) is 0. The van der Waals surface area contributed by atoms with Crippen molar-refractivity contribution in [2.24, 2.45) is 10.8 Å². The van der Waals surface area contributed by atoms with Crippen LogP contribution in [0.25, 0.3) is 10.8 Å². The van der Waals surface area contributed by atoms with Gasteiger partial charge in [-0.1, -0.05) is 38.1 Å². The van der Waals surface area contributed by atoms with Gasteiger partial charge in [0.15, 0.2) is 0 Å². The molecule has 0 unspecified atom stereocenters. The predicted octanol–water partition coefficient (Wildman–Crippen LogP) is 4.17. The molecular formula is C24H28O6. The van der Waals surface area contributed by atoms with E-state index in [0.29, 0.717) is 50.4 Å². The normalized spacial score (nSPS) is 19.1. The number of carboxylic acid groups (broad SMARTS) is 2. The van der Waals surface area contributed by atoms with E-state index in [4.69, 9.17) is 9.47 Å². The molecule has 2 heterocycles. The Bertz CT molecular complexity index is 909. The maximum atomic E-state index is 12.4. The summed E-state index contributed by atoms with van der Waals surface area (Å²) in [5, 5.41) is 22.0. The molecule has 2 N–H and O–H groups in total. The van der Waals surface area contributed by atoms with Crippen LogP contribution in [0.2, 0.25) is 0 Å². The monoisotopic (exact) mass is 412 g/mol. The minimum Gasteiger partial charge on any atom is -0.478 e. The van der Waals surface area contributed by atoms with E-state index in [2.05, 4.69) is 13.8 Å². The van der Waals surface area contributed by atoms with Crippen molar-refractivity contribution in [3.05, 3.63) is 46.5 Å². The number of fused-ring (bicyclic) bond motifs is 1. The quantitative estimate of drug-likeness (QED) is 0.676. The van der Waals surface area contributed by atoms with E-state index in [0.717, 1.165) is 23.6 Å². The van der Waals surface area contributed by atoms with E-state index in [9.17, 15) is 19.8 Å². The molecule has 0 aromatic heterocycles. The number of ether oxygens (including phenoxy) is 2. The third-order valence-electron chi connectivity index (χ3n) is 7.10. The fraction of sp³-hybridized carbons (Fsp3) is 0.500. The summed E-state index contributed by atoms with van der Waals surface area (Å²) < 4.78 is 10.9. The van der Waals surface area contributed by atoms with Gasteiger partial charge in [0.05, 0.1) is 37.6 Å². The molecule has 0 atom stereocenters. The number of hydrogen-bond donors (Lipinski definition) is 2. The fourth-order valence-electron chi connectivity index (χ4n) is 4.81. The highest BCUT2D eigenvalue weighted by Crippen LogP contribution is 2.43. The SMILES string of the molecule is CCC1(Cc2c(C(=O)O)c(C(=O)O)c(CC3(CC)COC3)c3ccccc23)COC1. The molecule has 6 nitrogen and oxygen atoms in total.